The zero-order chi connectivity index (χ0) is 68.9. The van der Waals surface area contributed by atoms with E-state index in [-0.39, 0.29) is 0 Å². The molecule has 484 valence electrons. The van der Waals surface area contributed by atoms with E-state index in [4.69, 9.17) is 29.9 Å². The Labute approximate surface area is 598 Å². The van der Waals surface area contributed by atoms with Crippen LogP contribution in [-0.2, 0) is 0 Å². The molecule has 20 aromatic rings. The lowest BCUT2D eigenvalue weighted by Gasteiger charge is -2.13. The molecule has 0 saturated heterocycles. The molecule has 0 fully saturated rings. The van der Waals surface area contributed by atoms with Crippen LogP contribution >= 0.6 is 0 Å². The number of aromatic nitrogens is 10. The van der Waals surface area contributed by atoms with E-state index in [1.54, 1.807) is 0 Å². The molecule has 10 nitrogen and oxygen atoms in total. The van der Waals surface area contributed by atoms with Gasteiger partial charge in [0.15, 0.2) is 34.9 Å². The Morgan fingerprint density at radius 1 is 0.163 bits per heavy atom. The van der Waals surface area contributed by atoms with Crippen molar-refractivity contribution in [2.24, 2.45) is 0 Å². The van der Waals surface area contributed by atoms with Crippen molar-refractivity contribution in [3.05, 3.63) is 353 Å². The highest BCUT2D eigenvalue weighted by atomic mass is 15.0. The Kier molecular flexibility index (Phi) is 15.3. The summed E-state index contributed by atoms with van der Waals surface area (Å²) in [5.74, 6) is 3.77. The first kappa shape index (κ1) is 60.9. The van der Waals surface area contributed by atoms with Gasteiger partial charge in [0.05, 0.1) is 16.6 Å². The first-order chi connectivity index (χ1) is 51.4. The fraction of sp³-hybridized carbons (Fsp3) is 0. The summed E-state index contributed by atoms with van der Waals surface area (Å²) in [7, 11) is 0. The molecule has 104 heavy (non-hydrogen) atoms. The van der Waals surface area contributed by atoms with E-state index in [9.17, 15) is 0 Å². The molecule has 14 aromatic carbocycles. The summed E-state index contributed by atoms with van der Waals surface area (Å²) in [5, 5.41) is 14.9. The minimum Gasteiger partial charge on any atom is -0.264 e. The monoisotopic (exact) mass is 1330 g/mol. The third kappa shape index (κ3) is 11.9. The number of hydrogen-bond acceptors (Lipinski definition) is 10. The zero-order valence-corrected chi connectivity index (χ0v) is 56.0. The Morgan fingerprint density at radius 2 is 0.452 bits per heavy atom. The molecule has 0 atom stereocenters. The molecule has 6 aromatic heterocycles. The van der Waals surface area contributed by atoms with Crippen LogP contribution < -0.4 is 0 Å². The average molecular weight is 1330 g/mol. The molecule has 0 amide bonds. The Hall–Kier alpha value is -14.2. The van der Waals surface area contributed by atoms with Gasteiger partial charge in [-0.2, -0.15) is 0 Å². The number of nitrogens with zero attached hydrogens (tertiary/aromatic N) is 10. The summed E-state index contributed by atoms with van der Waals surface area (Å²) in [6.07, 6.45) is 9.20. The van der Waals surface area contributed by atoms with Gasteiger partial charge in [0.25, 0.3) is 0 Å². The molecule has 10 heteroatoms. The molecule has 0 aliphatic rings. The van der Waals surface area contributed by atoms with Gasteiger partial charge in [0, 0.05) is 85.9 Å². The van der Waals surface area contributed by atoms with Gasteiger partial charge in [-0.05, 0) is 184 Å². The smallest absolute Gasteiger partial charge is 0.165 e. The van der Waals surface area contributed by atoms with Crippen molar-refractivity contribution in [2.45, 2.75) is 0 Å². The molecule has 20 rings (SSSR count). The van der Waals surface area contributed by atoms with Crippen molar-refractivity contribution >= 4 is 86.6 Å². The second-order valence-electron chi connectivity index (χ2n) is 26.0. The molecule has 0 spiro atoms. The fourth-order valence-electron chi connectivity index (χ4n) is 14.1. The summed E-state index contributed by atoms with van der Waals surface area (Å²) in [5.41, 5.74) is 17.6. The first-order valence-electron chi connectivity index (χ1n) is 34.6. The van der Waals surface area contributed by atoms with E-state index in [1.165, 1.54) is 16.2 Å². The van der Waals surface area contributed by atoms with E-state index in [0.29, 0.717) is 34.9 Å². The molecule has 0 radical (unpaired) electrons. The molecule has 0 bridgehead atoms. The minimum atomic E-state index is 0.624. The normalized spacial score (nSPS) is 11.5. The molecular formula is C94H58N10. The van der Waals surface area contributed by atoms with Crippen LogP contribution in [-0.4, -0.2) is 49.8 Å². The van der Waals surface area contributed by atoms with Crippen LogP contribution in [0.3, 0.4) is 0 Å². The van der Waals surface area contributed by atoms with Crippen molar-refractivity contribution in [1.29, 1.82) is 0 Å². The van der Waals surface area contributed by atoms with E-state index in [1.807, 2.05) is 55.2 Å². The predicted molar refractivity (Wildman–Crippen MR) is 425 cm³/mol. The van der Waals surface area contributed by atoms with E-state index in [2.05, 4.69) is 317 Å². The van der Waals surface area contributed by atoms with Gasteiger partial charge >= 0.3 is 0 Å². The van der Waals surface area contributed by atoms with Gasteiger partial charge < -0.3 is 0 Å². The Bertz CT molecular complexity index is 6380. The highest BCUT2D eigenvalue weighted by molar-refractivity contribution is 6.12. The van der Waals surface area contributed by atoms with Crippen molar-refractivity contribution in [1.82, 2.24) is 49.8 Å². The molecule has 0 aliphatic carbocycles. The van der Waals surface area contributed by atoms with Gasteiger partial charge in [-0.25, -0.2) is 29.9 Å². The van der Waals surface area contributed by atoms with E-state index >= 15 is 0 Å². The van der Waals surface area contributed by atoms with Gasteiger partial charge in [0.1, 0.15) is 0 Å². The third-order valence-electron chi connectivity index (χ3n) is 19.6. The summed E-state index contributed by atoms with van der Waals surface area (Å²) in [6, 6.07) is 112. The summed E-state index contributed by atoms with van der Waals surface area (Å²) >= 11 is 0. The summed E-state index contributed by atoms with van der Waals surface area (Å²) in [4.78, 5) is 48.4. The van der Waals surface area contributed by atoms with Gasteiger partial charge in [-0.15, -0.1) is 0 Å². The van der Waals surface area contributed by atoms with Crippen LogP contribution in [0.1, 0.15) is 0 Å². The van der Waals surface area contributed by atoms with Crippen molar-refractivity contribution in [3.63, 3.8) is 0 Å². The molecule has 6 heterocycles. The van der Waals surface area contributed by atoms with Crippen LogP contribution in [0, 0.1) is 0 Å². The van der Waals surface area contributed by atoms with Crippen LogP contribution in [0.15, 0.2) is 353 Å². The lowest BCUT2D eigenvalue weighted by molar-refractivity contribution is 1.07. The average Bonchev–Trinajstić information content (AvgIpc) is 0.803. The predicted octanol–water partition coefficient (Wildman–Crippen LogP) is 23.2. The van der Waals surface area contributed by atoms with Crippen LogP contribution in [0.5, 0.6) is 0 Å². The molecule has 0 saturated carbocycles. The Morgan fingerprint density at radius 3 is 0.894 bits per heavy atom. The summed E-state index contributed by atoms with van der Waals surface area (Å²) in [6.45, 7) is 0. The lowest BCUT2D eigenvalue weighted by Crippen LogP contribution is -2.01. The molecular weight excluding hydrogens is 1270 g/mol. The van der Waals surface area contributed by atoms with Gasteiger partial charge in [0.2, 0.25) is 0 Å². The van der Waals surface area contributed by atoms with Crippen molar-refractivity contribution < 1.29 is 0 Å². The number of rotatable bonds is 10. The number of pyridine rings is 4. The van der Waals surface area contributed by atoms with Gasteiger partial charge in [-0.1, -0.05) is 231 Å². The van der Waals surface area contributed by atoms with Crippen LogP contribution in [0.25, 0.3) is 199 Å². The topological polar surface area (TPSA) is 129 Å². The van der Waals surface area contributed by atoms with Gasteiger partial charge in [-0.3, -0.25) is 19.9 Å². The zero-order valence-electron chi connectivity index (χ0n) is 56.0. The second-order valence-corrected chi connectivity index (χ2v) is 26.0. The fourth-order valence-corrected chi connectivity index (χ4v) is 14.1. The maximum atomic E-state index is 5.20. The largest absolute Gasteiger partial charge is 0.264 e. The highest BCUT2D eigenvalue weighted by Gasteiger charge is 2.20. The standard InChI is InChI=1S/2C47H29N5/c1-3-9-41-37(6-1)28-38-7-2-4-10-42(38)44(41)47-51-45(32-15-11-30(12-16-32)34-19-20-40-29-48-25-23-36(40)26-34)50-46(52-47)33-17-13-31(14-18-33)35-21-22-43-39(27-35)8-5-24-49-43;1-2-6-35-28-42-29-41(18-17-38(42)25-34(35)5-1)47-51-45(32-13-9-30(10-14-32)36-19-21-43-39(26-36)7-3-23-48-43)50-46(52-47)33-15-11-31(12-16-33)37-20-22-44-40(27-37)8-4-24-49-44/h2*1-29H. The number of fused-ring (bicyclic) bond motifs is 8. The van der Waals surface area contributed by atoms with Crippen molar-refractivity contribution in [2.75, 3.05) is 0 Å². The Balaban J connectivity index is 0.000000143. The summed E-state index contributed by atoms with van der Waals surface area (Å²) < 4.78 is 0. The number of hydrogen-bond donors (Lipinski definition) is 0. The van der Waals surface area contributed by atoms with Crippen LogP contribution in [0.4, 0.5) is 0 Å². The third-order valence-corrected chi connectivity index (χ3v) is 19.6. The van der Waals surface area contributed by atoms with Crippen molar-refractivity contribution in [3.8, 4) is 113 Å². The molecule has 0 unspecified atom stereocenters. The second kappa shape index (κ2) is 26.1. The van der Waals surface area contributed by atoms with Crippen LogP contribution in [0.2, 0.25) is 0 Å². The molecule has 0 aliphatic heterocycles. The maximum absolute atomic E-state index is 5.20. The minimum absolute atomic E-state index is 0.624. The molecule has 0 N–H and O–H groups in total. The maximum Gasteiger partial charge on any atom is 0.165 e. The van der Waals surface area contributed by atoms with E-state index in [0.717, 1.165) is 148 Å². The van der Waals surface area contributed by atoms with E-state index < -0.39 is 0 Å². The lowest BCUT2D eigenvalue weighted by atomic mass is 9.96. The quantitative estimate of drug-likeness (QED) is 0.122. The number of benzene rings is 14. The highest BCUT2D eigenvalue weighted by Crippen LogP contribution is 2.39. The SMILES string of the molecule is c1ccc2cc3cc(-c4nc(-c5ccc(-c6ccc7ncccc7c6)cc5)nc(-c5ccc(-c6ccc7ncccc7c6)cc5)n4)ccc3cc2c1.c1cnc2ccc(-c3ccc(-c4nc(-c5ccc(-c6ccc7cnccc7c6)cc5)nc(-c5c6ccccc6cc6ccccc56)n4)cc3)cc2c1. The first-order valence-corrected chi connectivity index (χ1v) is 34.6.